The molecule has 1 aromatic heterocycles. The van der Waals surface area contributed by atoms with Crippen LogP contribution >= 0.6 is 0 Å². The predicted molar refractivity (Wildman–Crippen MR) is 67.7 cm³/mol. The van der Waals surface area contributed by atoms with Gasteiger partial charge in [-0.2, -0.15) is 0 Å². The summed E-state index contributed by atoms with van der Waals surface area (Å²) in [5.41, 5.74) is 0.129. The van der Waals surface area contributed by atoms with E-state index in [0.717, 1.165) is 0 Å². The lowest BCUT2D eigenvalue weighted by Crippen LogP contribution is -2.35. The van der Waals surface area contributed by atoms with E-state index in [-0.39, 0.29) is 17.4 Å². The van der Waals surface area contributed by atoms with Gasteiger partial charge in [-0.25, -0.2) is 9.78 Å². The maximum absolute atomic E-state index is 11.4. The topological polar surface area (TPSA) is 82.5 Å². The largest absolute Gasteiger partial charge is 0.478 e. The first-order valence-electron chi connectivity index (χ1n) is 5.58. The number of carboxylic acids is 1. The number of carboxylic acid groups (broad SMARTS) is 1. The summed E-state index contributed by atoms with van der Waals surface area (Å²) in [5, 5.41) is 11.6. The zero-order valence-electron chi connectivity index (χ0n) is 10.7. The van der Waals surface area contributed by atoms with Gasteiger partial charge in [0.2, 0.25) is 5.91 Å². The van der Waals surface area contributed by atoms with Crippen LogP contribution in [-0.4, -0.2) is 42.6 Å². The molecule has 2 N–H and O–H groups in total. The molecule has 0 saturated heterocycles. The molecule has 6 heteroatoms. The fraction of sp³-hybridized carbons (Fsp3) is 0.417. The summed E-state index contributed by atoms with van der Waals surface area (Å²) in [7, 11) is 3.29. The minimum atomic E-state index is -1.03. The SMILES string of the molecule is CNC(=O)C(C)CN(C)c1ncccc1C(=O)O. The van der Waals surface area contributed by atoms with E-state index in [1.165, 1.54) is 12.3 Å². The second-order valence-electron chi connectivity index (χ2n) is 4.08. The molecule has 0 fully saturated rings. The highest BCUT2D eigenvalue weighted by atomic mass is 16.4. The van der Waals surface area contributed by atoms with E-state index in [0.29, 0.717) is 12.4 Å². The van der Waals surface area contributed by atoms with Crippen molar-refractivity contribution in [3.63, 3.8) is 0 Å². The average Bonchev–Trinajstić information content (AvgIpc) is 2.37. The van der Waals surface area contributed by atoms with Gasteiger partial charge < -0.3 is 15.3 Å². The Hall–Kier alpha value is -2.11. The van der Waals surface area contributed by atoms with E-state index in [4.69, 9.17) is 5.11 Å². The molecule has 0 radical (unpaired) electrons. The number of hydrogen-bond donors (Lipinski definition) is 2. The molecule has 0 aliphatic rings. The van der Waals surface area contributed by atoms with Crippen LogP contribution in [0.1, 0.15) is 17.3 Å². The standard InChI is InChI=1S/C12H17N3O3/c1-8(11(16)13-2)7-15(3)10-9(12(17)18)5-4-6-14-10/h4-6,8H,7H2,1-3H3,(H,13,16)(H,17,18). The molecule has 98 valence electrons. The first kappa shape index (κ1) is 14.0. The summed E-state index contributed by atoms with van der Waals surface area (Å²) < 4.78 is 0. The number of rotatable bonds is 5. The Kier molecular flexibility index (Phi) is 4.65. The lowest BCUT2D eigenvalue weighted by atomic mass is 10.1. The number of nitrogens with zero attached hydrogens (tertiary/aromatic N) is 2. The Morgan fingerprint density at radius 1 is 1.56 bits per heavy atom. The van der Waals surface area contributed by atoms with E-state index in [1.54, 1.807) is 32.0 Å². The number of carbonyl (C=O) groups excluding carboxylic acids is 1. The number of nitrogens with one attached hydrogen (secondary N) is 1. The molecule has 0 aromatic carbocycles. The fourth-order valence-corrected chi connectivity index (χ4v) is 1.69. The van der Waals surface area contributed by atoms with Crippen molar-refractivity contribution in [2.75, 3.05) is 25.5 Å². The molecule has 1 amide bonds. The third-order valence-corrected chi connectivity index (χ3v) is 2.62. The molecule has 1 atom stereocenters. The van der Waals surface area contributed by atoms with Gasteiger partial charge in [-0.05, 0) is 12.1 Å². The Balaban J connectivity index is 2.87. The number of hydrogen-bond acceptors (Lipinski definition) is 4. The van der Waals surface area contributed by atoms with E-state index in [9.17, 15) is 9.59 Å². The number of carbonyl (C=O) groups is 2. The molecule has 18 heavy (non-hydrogen) atoms. The zero-order valence-corrected chi connectivity index (χ0v) is 10.7. The lowest BCUT2D eigenvalue weighted by molar-refractivity contribution is -0.123. The molecule has 1 aromatic rings. The van der Waals surface area contributed by atoms with Gasteiger partial charge in [0.25, 0.3) is 0 Å². The molecule has 0 saturated carbocycles. The summed E-state index contributed by atoms with van der Waals surface area (Å²) in [6.07, 6.45) is 1.53. The van der Waals surface area contributed by atoms with Gasteiger partial charge >= 0.3 is 5.97 Å². The molecule has 0 aliphatic heterocycles. The van der Waals surface area contributed by atoms with Gasteiger partial charge in [-0.3, -0.25) is 4.79 Å². The van der Waals surface area contributed by atoms with E-state index in [1.807, 2.05) is 0 Å². The fourth-order valence-electron chi connectivity index (χ4n) is 1.69. The highest BCUT2D eigenvalue weighted by Crippen LogP contribution is 2.16. The Bertz CT molecular complexity index is 448. The quantitative estimate of drug-likeness (QED) is 0.800. The normalized spacial score (nSPS) is 11.7. The molecule has 1 rings (SSSR count). The van der Waals surface area contributed by atoms with Crippen molar-refractivity contribution in [2.24, 2.45) is 5.92 Å². The van der Waals surface area contributed by atoms with Gasteiger partial charge in [0.05, 0.1) is 5.92 Å². The number of pyridine rings is 1. The Labute approximate surface area is 106 Å². The second kappa shape index (κ2) is 6.00. The van der Waals surface area contributed by atoms with Gasteiger partial charge in [-0.15, -0.1) is 0 Å². The average molecular weight is 251 g/mol. The summed E-state index contributed by atoms with van der Waals surface area (Å²) in [6.45, 7) is 2.18. The zero-order chi connectivity index (χ0) is 13.7. The van der Waals surface area contributed by atoms with Crippen molar-refractivity contribution < 1.29 is 14.7 Å². The van der Waals surface area contributed by atoms with E-state index in [2.05, 4.69) is 10.3 Å². The molecular weight excluding hydrogens is 234 g/mol. The molecule has 6 nitrogen and oxygen atoms in total. The number of aromatic carboxylic acids is 1. The van der Waals surface area contributed by atoms with Crippen molar-refractivity contribution >= 4 is 17.7 Å². The maximum Gasteiger partial charge on any atom is 0.339 e. The summed E-state index contributed by atoms with van der Waals surface area (Å²) in [4.78, 5) is 28.2. The summed E-state index contributed by atoms with van der Waals surface area (Å²) in [6, 6.07) is 3.06. The first-order valence-corrected chi connectivity index (χ1v) is 5.58. The smallest absolute Gasteiger partial charge is 0.339 e. The monoisotopic (exact) mass is 251 g/mol. The number of amides is 1. The van der Waals surface area contributed by atoms with Crippen molar-refractivity contribution in [1.29, 1.82) is 0 Å². The van der Waals surface area contributed by atoms with Crippen LogP contribution in [0.4, 0.5) is 5.82 Å². The number of aromatic nitrogens is 1. The van der Waals surface area contributed by atoms with Gasteiger partial charge in [0.15, 0.2) is 0 Å². The highest BCUT2D eigenvalue weighted by molar-refractivity contribution is 5.93. The molecular formula is C12H17N3O3. The lowest BCUT2D eigenvalue weighted by Gasteiger charge is -2.22. The number of anilines is 1. The van der Waals surface area contributed by atoms with Crippen molar-refractivity contribution in [3.8, 4) is 0 Å². The molecule has 1 unspecified atom stereocenters. The van der Waals surface area contributed by atoms with E-state index < -0.39 is 5.97 Å². The van der Waals surface area contributed by atoms with Gasteiger partial charge in [-0.1, -0.05) is 6.92 Å². The Morgan fingerprint density at radius 2 is 2.22 bits per heavy atom. The van der Waals surface area contributed by atoms with Crippen LogP contribution in [0.25, 0.3) is 0 Å². The van der Waals surface area contributed by atoms with E-state index >= 15 is 0 Å². The van der Waals surface area contributed by atoms with Crippen LogP contribution < -0.4 is 10.2 Å². The van der Waals surface area contributed by atoms with Gasteiger partial charge in [0.1, 0.15) is 11.4 Å². The third-order valence-electron chi connectivity index (χ3n) is 2.62. The van der Waals surface area contributed by atoms with Crippen LogP contribution in [0.15, 0.2) is 18.3 Å². The summed E-state index contributed by atoms with van der Waals surface area (Å²) in [5.74, 6) is -1.00. The maximum atomic E-state index is 11.4. The minimum Gasteiger partial charge on any atom is -0.478 e. The van der Waals surface area contributed by atoms with Crippen LogP contribution in [0, 0.1) is 5.92 Å². The first-order chi connectivity index (χ1) is 8.47. The van der Waals surface area contributed by atoms with Crippen LogP contribution in [0.2, 0.25) is 0 Å². The summed E-state index contributed by atoms with van der Waals surface area (Å²) >= 11 is 0. The van der Waals surface area contributed by atoms with Crippen LogP contribution in [0.5, 0.6) is 0 Å². The Morgan fingerprint density at radius 3 is 2.78 bits per heavy atom. The van der Waals surface area contributed by atoms with Crippen molar-refractivity contribution in [2.45, 2.75) is 6.92 Å². The second-order valence-corrected chi connectivity index (χ2v) is 4.08. The van der Waals surface area contributed by atoms with Crippen molar-refractivity contribution in [1.82, 2.24) is 10.3 Å². The van der Waals surface area contributed by atoms with Crippen LogP contribution in [-0.2, 0) is 4.79 Å². The third kappa shape index (κ3) is 3.19. The minimum absolute atomic E-state index is 0.0883. The highest BCUT2D eigenvalue weighted by Gasteiger charge is 2.18. The van der Waals surface area contributed by atoms with Gasteiger partial charge in [0, 0.05) is 26.8 Å². The predicted octanol–water partition coefficient (Wildman–Crippen LogP) is 0.598. The molecule has 0 aliphatic carbocycles. The molecule has 1 heterocycles. The molecule has 0 bridgehead atoms. The van der Waals surface area contributed by atoms with Crippen molar-refractivity contribution in [3.05, 3.63) is 23.9 Å². The van der Waals surface area contributed by atoms with Crippen LogP contribution in [0.3, 0.4) is 0 Å². The molecule has 0 spiro atoms.